The molecule has 0 spiro atoms. The maximum absolute atomic E-state index is 13.3. The summed E-state index contributed by atoms with van der Waals surface area (Å²) in [4.78, 5) is 0. The van der Waals surface area contributed by atoms with Crippen LogP contribution in [0.1, 0.15) is 0 Å². The number of ether oxygens (including phenoxy) is 1. The molecular weight excluding hydrogens is 249 g/mol. The average molecular weight is 256 g/mol. The van der Waals surface area contributed by atoms with E-state index < -0.39 is 39.1 Å². The number of benzene rings is 1. The van der Waals surface area contributed by atoms with Crippen LogP contribution in [0, 0.1) is 17.5 Å². The summed E-state index contributed by atoms with van der Waals surface area (Å²) in [5.74, 6) is -6.45. The smallest absolute Gasteiger partial charge is 0.306 e. The lowest BCUT2D eigenvalue weighted by atomic mass is 10.3. The van der Waals surface area contributed by atoms with Gasteiger partial charge in [-0.15, -0.1) is 0 Å². The lowest BCUT2D eigenvalue weighted by Crippen LogP contribution is -2.10. The van der Waals surface area contributed by atoms with E-state index >= 15 is 0 Å². The summed E-state index contributed by atoms with van der Waals surface area (Å²) >= 11 is 0. The standard InChI is InChI=1S/C8H7F3O4S/c1-14-7-4(9)3-5(10)8(6(7)11)15-16(2,12)13/h3H,1-2H3. The van der Waals surface area contributed by atoms with E-state index in [1.54, 1.807) is 0 Å². The fourth-order valence-electron chi connectivity index (χ4n) is 0.970. The molecule has 0 atom stereocenters. The van der Waals surface area contributed by atoms with Gasteiger partial charge in [0.15, 0.2) is 17.4 Å². The summed E-state index contributed by atoms with van der Waals surface area (Å²) in [7, 11) is -3.17. The molecule has 0 saturated heterocycles. The fourth-order valence-corrected chi connectivity index (χ4v) is 1.43. The van der Waals surface area contributed by atoms with Crippen molar-refractivity contribution in [3.05, 3.63) is 23.5 Å². The summed E-state index contributed by atoms with van der Waals surface area (Å²) in [6.45, 7) is 0. The van der Waals surface area contributed by atoms with Crippen LogP contribution >= 0.6 is 0 Å². The van der Waals surface area contributed by atoms with E-state index in [-0.39, 0.29) is 6.07 Å². The van der Waals surface area contributed by atoms with Crippen molar-refractivity contribution in [1.82, 2.24) is 0 Å². The highest BCUT2D eigenvalue weighted by Crippen LogP contribution is 2.32. The largest absolute Gasteiger partial charge is 0.491 e. The Morgan fingerprint density at radius 3 is 2.06 bits per heavy atom. The van der Waals surface area contributed by atoms with Crippen molar-refractivity contribution in [2.24, 2.45) is 0 Å². The first-order valence-electron chi connectivity index (χ1n) is 3.87. The number of rotatable bonds is 3. The van der Waals surface area contributed by atoms with Crippen LogP contribution in [0.2, 0.25) is 0 Å². The minimum Gasteiger partial charge on any atom is -0.491 e. The van der Waals surface area contributed by atoms with Gasteiger partial charge in [-0.25, -0.2) is 8.78 Å². The highest BCUT2D eigenvalue weighted by Gasteiger charge is 2.23. The third-order valence-corrected chi connectivity index (χ3v) is 1.99. The molecule has 0 aromatic heterocycles. The van der Waals surface area contributed by atoms with Crippen molar-refractivity contribution < 1.29 is 30.5 Å². The first-order chi connectivity index (χ1) is 7.26. The highest BCUT2D eigenvalue weighted by atomic mass is 32.2. The van der Waals surface area contributed by atoms with Gasteiger partial charge in [0.25, 0.3) is 0 Å². The summed E-state index contributed by atoms with van der Waals surface area (Å²) in [6, 6.07) is 0.266. The van der Waals surface area contributed by atoms with E-state index in [1.165, 1.54) is 0 Å². The fraction of sp³-hybridized carbons (Fsp3) is 0.250. The first-order valence-corrected chi connectivity index (χ1v) is 5.69. The second-order valence-electron chi connectivity index (χ2n) is 2.80. The third-order valence-electron chi connectivity index (χ3n) is 1.52. The molecule has 0 aliphatic rings. The third kappa shape index (κ3) is 2.57. The zero-order valence-corrected chi connectivity index (χ0v) is 9.07. The SMILES string of the molecule is COc1c(F)cc(F)c(OS(C)(=O)=O)c1F. The Kier molecular flexibility index (Phi) is 3.32. The van der Waals surface area contributed by atoms with Crippen molar-refractivity contribution in [1.29, 1.82) is 0 Å². The van der Waals surface area contributed by atoms with Crippen molar-refractivity contribution in [2.45, 2.75) is 0 Å². The van der Waals surface area contributed by atoms with E-state index in [4.69, 9.17) is 0 Å². The van der Waals surface area contributed by atoms with E-state index in [9.17, 15) is 21.6 Å². The average Bonchev–Trinajstić information content (AvgIpc) is 2.11. The Balaban J connectivity index is 3.40. The molecule has 90 valence electrons. The molecule has 1 rings (SSSR count). The van der Waals surface area contributed by atoms with Crippen LogP contribution in [0.15, 0.2) is 6.07 Å². The lowest BCUT2D eigenvalue weighted by molar-refractivity contribution is 0.342. The maximum Gasteiger partial charge on any atom is 0.306 e. The van der Waals surface area contributed by atoms with Crippen LogP contribution in [-0.4, -0.2) is 21.8 Å². The van der Waals surface area contributed by atoms with Crippen LogP contribution in [0.25, 0.3) is 0 Å². The van der Waals surface area contributed by atoms with Crippen molar-refractivity contribution >= 4 is 10.1 Å². The molecule has 0 fully saturated rings. The van der Waals surface area contributed by atoms with E-state index in [0.29, 0.717) is 6.26 Å². The molecule has 0 N–H and O–H groups in total. The number of hydrogen-bond acceptors (Lipinski definition) is 4. The van der Waals surface area contributed by atoms with Crippen LogP contribution < -0.4 is 8.92 Å². The van der Waals surface area contributed by atoms with Crippen LogP contribution in [0.5, 0.6) is 11.5 Å². The normalized spacial score (nSPS) is 11.3. The molecule has 0 bridgehead atoms. The number of halogens is 3. The van der Waals surface area contributed by atoms with Gasteiger partial charge in [0.1, 0.15) is 0 Å². The molecule has 8 heteroatoms. The Bertz CT molecular complexity index is 513. The Morgan fingerprint density at radius 2 is 1.62 bits per heavy atom. The highest BCUT2D eigenvalue weighted by molar-refractivity contribution is 7.86. The minimum absolute atomic E-state index is 0.266. The molecule has 1 aromatic carbocycles. The number of methoxy groups -OCH3 is 1. The predicted molar refractivity (Wildman–Crippen MR) is 48.3 cm³/mol. The van der Waals surface area contributed by atoms with Crippen molar-refractivity contribution in [3.8, 4) is 11.5 Å². The van der Waals surface area contributed by atoms with Gasteiger partial charge in [-0.1, -0.05) is 0 Å². The molecule has 0 amide bonds. The molecule has 0 aliphatic carbocycles. The maximum atomic E-state index is 13.3. The summed E-state index contributed by atoms with van der Waals surface area (Å²) < 4.78 is 69.0. The van der Waals surface area contributed by atoms with Gasteiger partial charge in [0.2, 0.25) is 11.6 Å². The van der Waals surface area contributed by atoms with Crippen LogP contribution in [0.3, 0.4) is 0 Å². The van der Waals surface area contributed by atoms with Crippen molar-refractivity contribution in [2.75, 3.05) is 13.4 Å². The molecule has 0 radical (unpaired) electrons. The molecular formula is C8H7F3O4S. The number of hydrogen-bond donors (Lipinski definition) is 0. The summed E-state index contributed by atoms with van der Waals surface area (Å²) in [5, 5.41) is 0. The van der Waals surface area contributed by atoms with Crippen LogP contribution in [-0.2, 0) is 10.1 Å². The Labute approximate surface area is 89.7 Å². The molecule has 0 saturated carbocycles. The second-order valence-corrected chi connectivity index (χ2v) is 4.38. The summed E-state index contributed by atoms with van der Waals surface area (Å²) in [5.41, 5.74) is 0. The quantitative estimate of drug-likeness (QED) is 0.768. The molecule has 1 aromatic rings. The van der Waals surface area contributed by atoms with Crippen molar-refractivity contribution in [3.63, 3.8) is 0 Å². The van der Waals surface area contributed by atoms with Gasteiger partial charge in [0, 0.05) is 6.07 Å². The monoisotopic (exact) mass is 256 g/mol. The van der Waals surface area contributed by atoms with Gasteiger partial charge >= 0.3 is 10.1 Å². The zero-order valence-electron chi connectivity index (χ0n) is 8.25. The first kappa shape index (κ1) is 12.6. The summed E-state index contributed by atoms with van der Waals surface area (Å²) in [6.07, 6.45) is 0.599. The minimum atomic E-state index is -4.12. The van der Waals surface area contributed by atoms with Gasteiger partial charge in [-0.05, 0) is 0 Å². The van der Waals surface area contributed by atoms with Gasteiger partial charge in [0.05, 0.1) is 13.4 Å². The molecule has 0 heterocycles. The van der Waals surface area contributed by atoms with E-state index in [2.05, 4.69) is 8.92 Å². The molecule has 0 aliphatic heterocycles. The topological polar surface area (TPSA) is 52.6 Å². The zero-order chi connectivity index (χ0) is 12.5. The Hall–Kier alpha value is -1.44. The molecule has 4 nitrogen and oxygen atoms in total. The second kappa shape index (κ2) is 4.20. The Morgan fingerprint density at radius 1 is 1.12 bits per heavy atom. The van der Waals surface area contributed by atoms with Gasteiger partial charge < -0.3 is 8.92 Å². The van der Waals surface area contributed by atoms with Gasteiger partial charge in [-0.3, -0.25) is 0 Å². The predicted octanol–water partition coefficient (Wildman–Crippen LogP) is 1.45. The van der Waals surface area contributed by atoms with Gasteiger partial charge in [-0.2, -0.15) is 12.8 Å². The van der Waals surface area contributed by atoms with E-state index in [0.717, 1.165) is 7.11 Å². The lowest BCUT2D eigenvalue weighted by Gasteiger charge is -2.09. The molecule has 16 heavy (non-hydrogen) atoms. The van der Waals surface area contributed by atoms with Crippen LogP contribution in [0.4, 0.5) is 13.2 Å². The van der Waals surface area contributed by atoms with E-state index in [1.807, 2.05) is 0 Å². The molecule has 0 unspecified atom stereocenters.